The van der Waals surface area contributed by atoms with Gasteiger partial charge in [0.2, 0.25) is 0 Å². The third-order valence-electron chi connectivity index (χ3n) is 3.35. The molecule has 0 amide bonds. The lowest BCUT2D eigenvalue weighted by atomic mass is 10.1. The summed E-state index contributed by atoms with van der Waals surface area (Å²) in [5.41, 5.74) is 0. The van der Waals surface area contributed by atoms with Crippen LogP contribution in [0.15, 0.2) is 54.6 Å². The molecule has 0 bridgehead atoms. The minimum Gasteiger partial charge on any atom is -0.486 e. The van der Waals surface area contributed by atoms with Gasteiger partial charge in [0, 0.05) is 5.92 Å². The van der Waals surface area contributed by atoms with Crippen LogP contribution in [0.5, 0.6) is 17.2 Å². The topological polar surface area (TPSA) is 35.5 Å². The second-order valence-electron chi connectivity index (χ2n) is 4.95. The minimum atomic E-state index is 0.0469. The second kappa shape index (κ2) is 7.48. The molecule has 0 N–H and O–H groups in total. The van der Waals surface area contributed by atoms with Gasteiger partial charge in [0.05, 0.1) is 0 Å². The van der Waals surface area contributed by atoms with Crippen LogP contribution in [-0.2, 0) is 4.79 Å². The molecule has 1 unspecified atom stereocenters. The Balaban J connectivity index is 1.89. The molecule has 0 aliphatic carbocycles. The molecule has 2 rings (SSSR count). The van der Waals surface area contributed by atoms with Gasteiger partial charge < -0.3 is 9.47 Å². The lowest BCUT2D eigenvalue weighted by molar-refractivity contribution is -0.124. The SMILES string of the molecule is CCC(C)C(=O)COc1ccc(Oc2ccccc2)cc1. The Hall–Kier alpha value is -2.29. The summed E-state index contributed by atoms with van der Waals surface area (Å²) < 4.78 is 11.2. The van der Waals surface area contributed by atoms with Gasteiger partial charge in [-0.25, -0.2) is 0 Å². The van der Waals surface area contributed by atoms with E-state index in [9.17, 15) is 4.79 Å². The second-order valence-corrected chi connectivity index (χ2v) is 4.95. The molecule has 0 radical (unpaired) electrons. The van der Waals surface area contributed by atoms with Crippen molar-refractivity contribution in [3.63, 3.8) is 0 Å². The highest BCUT2D eigenvalue weighted by Gasteiger charge is 2.11. The number of hydrogen-bond donors (Lipinski definition) is 0. The summed E-state index contributed by atoms with van der Waals surface area (Å²) in [6, 6.07) is 16.9. The molecule has 110 valence electrons. The van der Waals surface area contributed by atoms with Crippen LogP contribution in [0.1, 0.15) is 20.3 Å². The first-order chi connectivity index (χ1) is 10.2. The van der Waals surface area contributed by atoms with Gasteiger partial charge in [0.15, 0.2) is 5.78 Å². The highest BCUT2D eigenvalue weighted by molar-refractivity contribution is 5.82. The van der Waals surface area contributed by atoms with Crippen molar-refractivity contribution in [2.24, 2.45) is 5.92 Å². The maximum atomic E-state index is 11.7. The van der Waals surface area contributed by atoms with Gasteiger partial charge in [-0.1, -0.05) is 32.0 Å². The number of para-hydroxylation sites is 1. The van der Waals surface area contributed by atoms with E-state index in [1.165, 1.54) is 0 Å². The number of ketones is 1. The van der Waals surface area contributed by atoms with Crippen molar-refractivity contribution >= 4 is 5.78 Å². The molecule has 0 heterocycles. The van der Waals surface area contributed by atoms with Gasteiger partial charge in [-0.2, -0.15) is 0 Å². The van der Waals surface area contributed by atoms with E-state index >= 15 is 0 Å². The smallest absolute Gasteiger partial charge is 0.172 e. The van der Waals surface area contributed by atoms with Crippen LogP contribution in [-0.4, -0.2) is 12.4 Å². The summed E-state index contributed by atoms with van der Waals surface area (Å²) >= 11 is 0. The zero-order chi connectivity index (χ0) is 15.1. The maximum absolute atomic E-state index is 11.7. The number of ether oxygens (including phenoxy) is 2. The molecule has 21 heavy (non-hydrogen) atoms. The Morgan fingerprint density at radius 2 is 1.52 bits per heavy atom. The number of benzene rings is 2. The number of carbonyl (C=O) groups excluding carboxylic acids is 1. The van der Waals surface area contributed by atoms with E-state index in [0.29, 0.717) is 5.75 Å². The van der Waals surface area contributed by atoms with Gasteiger partial charge >= 0.3 is 0 Å². The average Bonchev–Trinajstić information content (AvgIpc) is 2.54. The molecule has 1 atom stereocenters. The van der Waals surface area contributed by atoms with E-state index in [1.54, 1.807) is 0 Å². The summed E-state index contributed by atoms with van der Waals surface area (Å²) in [5.74, 6) is 2.37. The van der Waals surface area contributed by atoms with Gasteiger partial charge in [-0.3, -0.25) is 4.79 Å². The molecule has 0 aliphatic rings. The number of rotatable bonds is 7. The molecule has 3 nitrogen and oxygen atoms in total. The fraction of sp³-hybridized carbons (Fsp3) is 0.278. The van der Waals surface area contributed by atoms with Crippen LogP contribution in [0.25, 0.3) is 0 Å². The lowest BCUT2D eigenvalue weighted by Crippen LogP contribution is -2.18. The summed E-state index contributed by atoms with van der Waals surface area (Å²) in [5, 5.41) is 0. The van der Waals surface area contributed by atoms with Crippen LogP contribution in [0.3, 0.4) is 0 Å². The van der Waals surface area contributed by atoms with Crippen LogP contribution >= 0.6 is 0 Å². The van der Waals surface area contributed by atoms with Gasteiger partial charge in [0.1, 0.15) is 23.9 Å². The van der Waals surface area contributed by atoms with Crippen molar-refractivity contribution in [2.45, 2.75) is 20.3 Å². The van der Waals surface area contributed by atoms with Crippen molar-refractivity contribution < 1.29 is 14.3 Å². The molecule has 0 aromatic heterocycles. The van der Waals surface area contributed by atoms with E-state index in [1.807, 2.05) is 68.4 Å². The number of hydrogen-bond acceptors (Lipinski definition) is 3. The zero-order valence-corrected chi connectivity index (χ0v) is 12.4. The summed E-state index contributed by atoms with van der Waals surface area (Å²) in [6.45, 7) is 4.04. The highest BCUT2D eigenvalue weighted by atomic mass is 16.5. The van der Waals surface area contributed by atoms with E-state index in [-0.39, 0.29) is 18.3 Å². The lowest BCUT2D eigenvalue weighted by Gasteiger charge is -2.10. The maximum Gasteiger partial charge on any atom is 0.172 e. The zero-order valence-electron chi connectivity index (χ0n) is 12.4. The normalized spacial score (nSPS) is 11.7. The van der Waals surface area contributed by atoms with E-state index in [4.69, 9.17) is 9.47 Å². The van der Waals surface area contributed by atoms with Crippen LogP contribution in [0, 0.1) is 5.92 Å². The Labute approximate surface area is 125 Å². The summed E-state index contributed by atoms with van der Waals surface area (Å²) in [7, 11) is 0. The van der Waals surface area contributed by atoms with Crippen molar-refractivity contribution in [3.05, 3.63) is 54.6 Å². The monoisotopic (exact) mass is 284 g/mol. The first-order valence-electron chi connectivity index (χ1n) is 7.17. The molecule has 0 fully saturated rings. The van der Waals surface area contributed by atoms with Crippen molar-refractivity contribution in [2.75, 3.05) is 6.61 Å². The van der Waals surface area contributed by atoms with E-state index in [2.05, 4.69) is 0 Å². The third kappa shape index (κ3) is 4.63. The van der Waals surface area contributed by atoms with Crippen LogP contribution < -0.4 is 9.47 Å². The van der Waals surface area contributed by atoms with Crippen LogP contribution in [0.4, 0.5) is 0 Å². The first kappa shape index (κ1) is 15.1. The Morgan fingerprint density at radius 3 is 2.14 bits per heavy atom. The van der Waals surface area contributed by atoms with Crippen molar-refractivity contribution in [3.8, 4) is 17.2 Å². The van der Waals surface area contributed by atoms with Gasteiger partial charge in [0.25, 0.3) is 0 Å². The quantitative estimate of drug-likeness (QED) is 0.752. The molecule has 0 saturated carbocycles. The standard InChI is InChI=1S/C18H20O3/c1-3-14(2)18(19)13-20-15-9-11-17(12-10-15)21-16-7-5-4-6-8-16/h4-12,14H,3,13H2,1-2H3. The molecule has 0 aliphatic heterocycles. The predicted molar refractivity (Wildman–Crippen MR) is 82.9 cm³/mol. The third-order valence-corrected chi connectivity index (χ3v) is 3.35. The Kier molecular flexibility index (Phi) is 5.38. The Morgan fingerprint density at radius 1 is 0.952 bits per heavy atom. The molecule has 2 aromatic carbocycles. The molecular formula is C18H20O3. The van der Waals surface area contributed by atoms with Crippen molar-refractivity contribution in [1.29, 1.82) is 0 Å². The minimum absolute atomic E-state index is 0.0469. The van der Waals surface area contributed by atoms with E-state index < -0.39 is 0 Å². The van der Waals surface area contributed by atoms with Crippen molar-refractivity contribution in [1.82, 2.24) is 0 Å². The summed E-state index contributed by atoms with van der Waals surface area (Å²) in [6.07, 6.45) is 0.839. The van der Waals surface area contributed by atoms with Gasteiger partial charge in [-0.15, -0.1) is 0 Å². The highest BCUT2D eigenvalue weighted by Crippen LogP contribution is 2.23. The molecule has 0 spiro atoms. The van der Waals surface area contributed by atoms with Gasteiger partial charge in [-0.05, 0) is 42.8 Å². The van der Waals surface area contributed by atoms with Crippen LogP contribution in [0.2, 0.25) is 0 Å². The predicted octanol–water partition coefficient (Wildman–Crippen LogP) is 4.47. The average molecular weight is 284 g/mol. The largest absolute Gasteiger partial charge is 0.486 e. The summed E-state index contributed by atoms with van der Waals surface area (Å²) in [4.78, 5) is 11.7. The number of carbonyl (C=O) groups is 1. The first-order valence-corrected chi connectivity index (χ1v) is 7.17. The molecule has 2 aromatic rings. The molecular weight excluding hydrogens is 264 g/mol. The fourth-order valence-electron chi connectivity index (χ4n) is 1.75. The van der Waals surface area contributed by atoms with E-state index in [0.717, 1.165) is 17.9 Å². The fourth-order valence-corrected chi connectivity index (χ4v) is 1.75. The molecule has 3 heteroatoms. The number of Topliss-reactive ketones (excluding diaryl/α,β-unsaturated/α-hetero) is 1. The molecule has 0 saturated heterocycles. The Bertz CT molecular complexity index is 561.